The fourth-order valence-electron chi connectivity index (χ4n) is 4.16. The van der Waals surface area contributed by atoms with Crippen molar-refractivity contribution in [1.29, 1.82) is 0 Å². The van der Waals surface area contributed by atoms with Gasteiger partial charge in [0.05, 0.1) is 23.2 Å². The third kappa shape index (κ3) is 4.35. The summed E-state index contributed by atoms with van der Waals surface area (Å²) < 4.78 is 7.66. The van der Waals surface area contributed by atoms with Crippen molar-refractivity contribution >= 4 is 10.9 Å². The van der Waals surface area contributed by atoms with Crippen molar-refractivity contribution in [1.82, 2.24) is 14.5 Å². The second-order valence-corrected chi connectivity index (χ2v) is 7.87. The van der Waals surface area contributed by atoms with Gasteiger partial charge in [0.1, 0.15) is 11.6 Å². The number of hydrogen-bond donors (Lipinski definition) is 0. The van der Waals surface area contributed by atoms with Crippen LogP contribution in [0.5, 0.6) is 5.75 Å². The molecule has 0 amide bonds. The number of ether oxygens (including phenoxy) is 1. The molecule has 1 aliphatic heterocycles. The van der Waals surface area contributed by atoms with E-state index in [9.17, 15) is 4.79 Å². The van der Waals surface area contributed by atoms with Gasteiger partial charge in [0.15, 0.2) is 0 Å². The monoisotopic (exact) mass is 391 g/mol. The Bertz CT molecular complexity index is 1050. The Morgan fingerprint density at radius 1 is 1.03 bits per heavy atom. The average Bonchev–Trinajstić information content (AvgIpc) is 2.73. The van der Waals surface area contributed by atoms with Gasteiger partial charge >= 0.3 is 0 Å². The van der Waals surface area contributed by atoms with Crippen LogP contribution in [0.15, 0.2) is 47.3 Å². The fourth-order valence-corrected chi connectivity index (χ4v) is 4.16. The molecule has 1 fully saturated rings. The quantitative estimate of drug-likeness (QED) is 0.589. The predicted molar refractivity (Wildman–Crippen MR) is 117 cm³/mol. The van der Waals surface area contributed by atoms with Gasteiger partial charge in [0, 0.05) is 6.54 Å². The van der Waals surface area contributed by atoms with E-state index in [0.29, 0.717) is 17.8 Å². The zero-order valence-electron chi connectivity index (χ0n) is 17.4. The topological polar surface area (TPSA) is 47.4 Å². The summed E-state index contributed by atoms with van der Waals surface area (Å²) in [6.45, 7) is 8.15. The molecule has 1 aliphatic rings. The SMILES string of the molecule is Cc1cc(OCCCN2CCCCC2)ccc1-n1c(C)nc2ccccc2c1=O. The largest absolute Gasteiger partial charge is 0.494 e. The number of nitrogens with zero attached hydrogens (tertiary/aromatic N) is 3. The highest BCUT2D eigenvalue weighted by Gasteiger charge is 2.12. The lowest BCUT2D eigenvalue weighted by molar-refractivity contribution is 0.205. The lowest BCUT2D eigenvalue weighted by atomic mass is 10.1. The zero-order valence-corrected chi connectivity index (χ0v) is 17.4. The Morgan fingerprint density at radius 2 is 1.83 bits per heavy atom. The Labute approximate surface area is 171 Å². The van der Waals surface area contributed by atoms with Gasteiger partial charge in [-0.25, -0.2) is 4.98 Å². The molecule has 2 heterocycles. The van der Waals surface area contributed by atoms with Crippen molar-refractivity contribution < 1.29 is 4.74 Å². The molecule has 0 unspecified atom stereocenters. The summed E-state index contributed by atoms with van der Waals surface area (Å²) in [6, 6.07) is 13.4. The van der Waals surface area contributed by atoms with Gasteiger partial charge in [-0.2, -0.15) is 0 Å². The predicted octanol–water partition coefficient (Wildman–Crippen LogP) is 4.26. The van der Waals surface area contributed by atoms with Gasteiger partial charge in [-0.05, 0) is 82.1 Å². The van der Waals surface area contributed by atoms with Crippen LogP contribution >= 0.6 is 0 Å². The number of piperidine rings is 1. The first kappa shape index (κ1) is 19.6. The molecule has 0 spiro atoms. The molecule has 1 aromatic heterocycles. The van der Waals surface area contributed by atoms with Crippen molar-refractivity contribution in [2.75, 3.05) is 26.2 Å². The molecular weight excluding hydrogens is 362 g/mol. The molecule has 0 aliphatic carbocycles. The van der Waals surface area contributed by atoms with Gasteiger partial charge in [0.25, 0.3) is 5.56 Å². The molecule has 0 bridgehead atoms. The number of likely N-dealkylation sites (tertiary alicyclic amines) is 1. The minimum Gasteiger partial charge on any atom is -0.494 e. The van der Waals surface area contributed by atoms with Crippen LogP contribution in [0.25, 0.3) is 16.6 Å². The molecule has 5 nitrogen and oxygen atoms in total. The number of para-hydroxylation sites is 1. The van der Waals surface area contributed by atoms with Gasteiger partial charge < -0.3 is 9.64 Å². The first-order valence-corrected chi connectivity index (χ1v) is 10.6. The molecule has 0 radical (unpaired) electrons. The molecule has 4 rings (SSSR count). The van der Waals surface area contributed by atoms with Crippen LogP contribution in [0.4, 0.5) is 0 Å². The van der Waals surface area contributed by atoms with Crippen LogP contribution < -0.4 is 10.3 Å². The lowest BCUT2D eigenvalue weighted by Crippen LogP contribution is -2.31. The van der Waals surface area contributed by atoms with E-state index in [2.05, 4.69) is 9.88 Å². The minimum absolute atomic E-state index is 0.0357. The molecule has 29 heavy (non-hydrogen) atoms. The van der Waals surface area contributed by atoms with Crippen molar-refractivity contribution in [3.05, 3.63) is 64.2 Å². The Morgan fingerprint density at radius 3 is 2.62 bits per heavy atom. The molecule has 0 saturated carbocycles. The van der Waals surface area contributed by atoms with Crippen LogP contribution in [-0.4, -0.2) is 40.7 Å². The molecule has 1 saturated heterocycles. The van der Waals surface area contributed by atoms with E-state index >= 15 is 0 Å². The molecule has 0 N–H and O–H groups in total. The molecule has 2 aromatic carbocycles. The maximum atomic E-state index is 13.0. The standard InChI is InChI=1S/C24H29N3O2/c1-18-17-20(29-16-8-15-26-13-6-3-7-14-26)11-12-23(18)27-19(2)25-22-10-5-4-9-21(22)24(27)28/h4-5,9-12,17H,3,6-8,13-16H2,1-2H3. The highest BCUT2D eigenvalue weighted by molar-refractivity contribution is 5.77. The van der Waals surface area contributed by atoms with Crippen LogP contribution in [0.3, 0.4) is 0 Å². The smallest absolute Gasteiger partial charge is 0.265 e. The minimum atomic E-state index is -0.0357. The van der Waals surface area contributed by atoms with E-state index in [1.165, 1.54) is 32.4 Å². The second-order valence-electron chi connectivity index (χ2n) is 7.87. The third-order valence-electron chi connectivity index (χ3n) is 5.69. The van der Waals surface area contributed by atoms with Gasteiger partial charge in [-0.3, -0.25) is 9.36 Å². The maximum absolute atomic E-state index is 13.0. The van der Waals surface area contributed by atoms with E-state index in [-0.39, 0.29) is 5.56 Å². The summed E-state index contributed by atoms with van der Waals surface area (Å²) >= 11 is 0. The van der Waals surface area contributed by atoms with Crippen molar-refractivity contribution in [2.45, 2.75) is 39.5 Å². The number of benzene rings is 2. The molecular formula is C24H29N3O2. The van der Waals surface area contributed by atoms with Crippen LogP contribution in [-0.2, 0) is 0 Å². The van der Waals surface area contributed by atoms with Gasteiger partial charge in [-0.15, -0.1) is 0 Å². The van der Waals surface area contributed by atoms with Gasteiger partial charge in [-0.1, -0.05) is 18.6 Å². The van der Waals surface area contributed by atoms with E-state index in [1.54, 1.807) is 4.57 Å². The molecule has 3 aromatic rings. The highest BCUT2D eigenvalue weighted by Crippen LogP contribution is 2.21. The summed E-state index contributed by atoms with van der Waals surface area (Å²) in [6.07, 6.45) is 5.05. The Hall–Kier alpha value is -2.66. The third-order valence-corrected chi connectivity index (χ3v) is 5.69. The van der Waals surface area contributed by atoms with Crippen LogP contribution in [0, 0.1) is 13.8 Å². The first-order chi connectivity index (χ1) is 14.1. The first-order valence-electron chi connectivity index (χ1n) is 10.6. The molecule has 5 heteroatoms. The number of fused-ring (bicyclic) bond motifs is 1. The highest BCUT2D eigenvalue weighted by atomic mass is 16.5. The average molecular weight is 392 g/mol. The Balaban J connectivity index is 1.48. The summed E-state index contributed by atoms with van der Waals surface area (Å²) in [4.78, 5) is 20.2. The molecule has 0 atom stereocenters. The summed E-state index contributed by atoms with van der Waals surface area (Å²) in [7, 11) is 0. The maximum Gasteiger partial charge on any atom is 0.265 e. The summed E-state index contributed by atoms with van der Waals surface area (Å²) in [5.74, 6) is 1.54. The number of hydrogen-bond acceptors (Lipinski definition) is 4. The number of aryl methyl sites for hydroxylation is 2. The summed E-state index contributed by atoms with van der Waals surface area (Å²) in [5, 5.41) is 0.635. The van der Waals surface area contributed by atoms with Crippen LogP contribution in [0.2, 0.25) is 0 Å². The van der Waals surface area contributed by atoms with Crippen molar-refractivity contribution in [3.8, 4) is 11.4 Å². The van der Waals surface area contributed by atoms with Gasteiger partial charge in [0.2, 0.25) is 0 Å². The normalized spacial score (nSPS) is 15.0. The molecule has 152 valence electrons. The van der Waals surface area contributed by atoms with Crippen molar-refractivity contribution in [2.24, 2.45) is 0 Å². The fraction of sp³-hybridized carbons (Fsp3) is 0.417. The van der Waals surface area contributed by atoms with Crippen molar-refractivity contribution in [3.63, 3.8) is 0 Å². The second kappa shape index (κ2) is 8.78. The number of aromatic nitrogens is 2. The van der Waals surface area contributed by atoms with Crippen LogP contribution in [0.1, 0.15) is 37.1 Å². The van der Waals surface area contributed by atoms with E-state index in [4.69, 9.17) is 4.74 Å². The number of rotatable bonds is 6. The van der Waals surface area contributed by atoms with E-state index < -0.39 is 0 Å². The van der Waals surface area contributed by atoms with E-state index in [1.807, 2.05) is 56.3 Å². The summed E-state index contributed by atoms with van der Waals surface area (Å²) in [5.41, 5.74) is 2.55. The zero-order chi connectivity index (χ0) is 20.2. The lowest BCUT2D eigenvalue weighted by Gasteiger charge is -2.26. The van der Waals surface area contributed by atoms with E-state index in [0.717, 1.165) is 35.5 Å². The Kier molecular flexibility index (Phi) is 5.95.